The summed E-state index contributed by atoms with van der Waals surface area (Å²) in [5, 5.41) is 17.1. The summed E-state index contributed by atoms with van der Waals surface area (Å²) in [5.74, 6) is 0.678. The van der Waals surface area contributed by atoms with Crippen LogP contribution in [0.5, 0.6) is 0 Å². The summed E-state index contributed by atoms with van der Waals surface area (Å²) >= 11 is 3.61. The van der Waals surface area contributed by atoms with E-state index in [1.807, 2.05) is 11.3 Å². The molecule has 0 radical (unpaired) electrons. The van der Waals surface area contributed by atoms with Gasteiger partial charge in [-0.1, -0.05) is 6.07 Å². The maximum Gasteiger partial charge on any atom is 0.0546 e. The van der Waals surface area contributed by atoms with Crippen molar-refractivity contribution >= 4 is 22.7 Å². The van der Waals surface area contributed by atoms with E-state index in [0.29, 0.717) is 5.92 Å². The van der Waals surface area contributed by atoms with Crippen LogP contribution >= 0.6 is 22.7 Å². The Kier molecular flexibility index (Phi) is 3.80. The summed E-state index contributed by atoms with van der Waals surface area (Å²) in [4.78, 5) is 2.73. The molecule has 0 aliphatic heterocycles. The summed E-state index contributed by atoms with van der Waals surface area (Å²) in [6.07, 6.45) is 1.90. The maximum absolute atomic E-state index is 9.22. The molecule has 1 aliphatic carbocycles. The summed E-state index contributed by atoms with van der Waals surface area (Å²) in [7, 11) is 0. The lowest BCUT2D eigenvalue weighted by molar-refractivity contribution is 0.0430. The quantitative estimate of drug-likeness (QED) is 0.880. The van der Waals surface area contributed by atoms with Gasteiger partial charge in [-0.3, -0.25) is 0 Å². The fourth-order valence-corrected chi connectivity index (χ4v) is 3.96. The van der Waals surface area contributed by atoms with Gasteiger partial charge in [0.2, 0.25) is 0 Å². The zero-order chi connectivity index (χ0) is 12.4. The standard InChI is InChI=1S/C14H17NOS2/c16-12-4-10(5-12)7-15-8-13-6-11(9-18-13)14-2-1-3-17-14/h1-3,6,9-10,12,15-16H,4-5,7-8H2. The molecule has 0 atom stereocenters. The van der Waals surface area contributed by atoms with Crippen LogP contribution in [0.1, 0.15) is 17.7 Å². The number of hydrogen-bond donors (Lipinski definition) is 2. The Balaban J connectivity index is 1.48. The molecular formula is C14H17NOS2. The minimum atomic E-state index is -0.0380. The molecule has 0 unspecified atom stereocenters. The van der Waals surface area contributed by atoms with Crippen LogP contribution in [0.15, 0.2) is 29.0 Å². The minimum Gasteiger partial charge on any atom is -0.393 e. The Morgan fingerprint density at radius 2 is 2.22 bits per heavy atom. The van der Waals surface area contributed by atoms with Gasteiger partial charge in [-0.05, 0) is 48.2 Å². The Hall–Kier alpha value is -0.680. The van der Waals surface area contributed by atoms with E-state index in [4.69, 9.17) is 0 Å². The number of rotatable bonds is 5. The molecule has 4 heteroatoms. The number of hydrogen-bond acceptors (Lipinski definition) is 4. The monoisotopic (exact) mass is 279 g/mol. The Labute approximate surface area is 115 Å². The normalized spacial score (nSPS) is 22.9. The van der Waals surface area contributed by atoms with Gasteiger partial charge in [0.1, 0.15) is 0 Å². The first-order valence-electron chi connectivity index (χ1n) is 6.31. The van der Waals surface area contributed by atoms with E-state index in [1.54, 1.807) is 11.3 Å². The van der Waals surface area contributed by atoms with E-state index in [0.717, 1.165) is 25.9 Å². The van der Waals surface area contributed by atoms with Gasteiger partial charge in [0.15, 0.2) is 0 Å². The van der Waals surface area contributed by atoms with Crippen LogP contribution in [-0.2, 0) is 6.54 Å². The van der Waals surface area contributed by atoms with Gasteiger partial charge in [-0.2, -0.15) is 0 Å². The first-order valence-corrected chi connectivity index (χ1v) is 8.07. The van der Waals surface area contributed by atoms with Crippen LogP contribution in [0.2, 0.25) is 0 Å². The average Bonchev–Trinajstić information content (AvgIpc) is 2.96. The van der Waals surface area contributed by atoms with Gasteiger partial charge < -0.3 is 10.4 Å². The number of nitrogens with one attached hydrogen (secondary N) is 1. The average molecular weight is 279 g/mol. The molecule has 0 spiro atoms. The molecule has 0 aromatic carbocycles. The van der Waals surface area contributed by atoms with Crippen molar-refractivity contribution in [2.45, 2.75) is 25.5 Å². The molecule has 2 nitrogen and oxygen atoms in total. The molecule has 96 valence electrons. The molecule has 18 heavy (non-hydrogen) atoms. The van der Waals surface area contributed by atoms with E-state index >= 15 is 0 Å². The van der Waals surface area contributed by atoms with Crippen molar-refractivity contribution in [3.8, 4) is 10.4 Å². The van der Waals surface area contributed by atoms with Crippen LogP contribution < -0.4 is 5.32 Å². The second kappa shape index (κ2) is 5.53. The fourth-order valence-electron chi connectivity index (χ4n) is 2.31. The lowest BCUT2D eigenvalue weighted by atomic mass is 9.82. The third kappa shape index (κ3) is 2.83. The summed E-state index contributed by atoms with van der Waals surface area (Å²) in [6.45, 7) is 1.98. The van der Waals surface area contributed by atoms with Crippen molar-refractivity contribution in [3.63, 3.8) is 0 Å². The predicted octanol–water partition coefficient (Wildman–Crippen LogP) is 3.34. The first kappa shape index (κ1) is 12.4. The Morgan fingerprint density at radius 3 is 2.94 bits per heavy atom. The highest BCUT2D eigenvalue weighted by Gasteiger charge is 2.26. The highest BCUT2D eigenvalue weighted by atomic mass is 32.1. The molecule has 1 aliphatic rings. The zero-order valence-electron chi connectivity index (χ0n) is 10.1. The van der Waals surface area contributed by atoms with E-state index < -0.39 is 0 Å². The van der Waals surface area contributed by atoms with Crippen molar-refractivity contribution in [2.75, 3.05) is 6.54 Å². The molecule has 0 bridgehead atoms. The molecule has 1 fully saturated rings. The van der Waals surface area contributed by atoms with Crippen molar-refractivity contribution in [2.24, 2.45) is 5.92 Å². The summed E-state index contributed by atoms with van der Waals surface area (Å²) in [6, 6.07) is 6.54. The van der Waals surface area contributed by atoms with E-state index in [9.17, 15) is 5.11 Å². The van der Waals surface area contributed by atoms with Crippen LogP contribution in [0.25, 0.3) is 10.4 Å². The van der Waals surface area contributed by atoms with E-state index in [-0.39, 0.29) is 6.10 Å². The zero-order valence-corrected chi connectivity index (χ0v) is 11.8. The van der Waals surface area contributed by atoms with Gasteiger partial charge in [-0.25, -0.2) is 0 Å². The molecule has 2 N–H and O–H groups in total. The van der Waals surface area contributed by atoms with Gasteiger partial charge in [0.25, 0.3) is 0 Å². The van der Waals surface area contributed by atoms with Crippen LogP contribution in [0, 0.1) is 5.92 Å². The lowest BCUT2D eigenvalue weighted by Crippen LogP contribution is -2.35. The van der Waals surface area contributed by atoms with E-state index in [2.05, 4.69) is 34.3 Å². The highest BCUT2D eigenvalue weighted by molar-refractivity contribution is 7.14. The predicted molar refractivity (Wildman–Crippen MR) is 78.1 cm³/mol. The maximum atomic E-state index is 9.22. The second-order valence-electron chi connectivity index (χ2n) is 4.90. The van der Waals surface area contributed by atoms with E-state index in [1.165, 1.54) is 15.3 Å². The SMILES string of the molecule is OC1CC(CNCc2cc(-c3cccs3)cs2)C1. The third-order valence-corrected chi connectivity index (χ3v) is 5.26. The second-order valence-corrected chi connectivity index (χ2v) is 6.84. The van der Waals surface area contributed by atoms with Gasteiger partial charge >= 0.3 is 0 Å². The molecule has 3 rings (SSSR count). The van der Waals surface area contributed by atoms with Crippen molar-refractivity contribution in [1.29, 1.82) is 0 Å². The molecule has 1 saturated carbocycles. The first-order chi connectivity index (χ1) is 8.81. The Bertz CT molecular complexity index is 486. The molecular weight excluding hydrogens is 262 g/mol. The summed E-state index contributed by atoms with van der Waals surface area (Å²) < 4.78 is 0. The van der Waals surface area contributed by atoms with Crippen LogP contribution in [0.4, 0.5) is 0 Å². The fraction of sp³-hybridized carbons (Fsp3) is 0.429. The van der Waals surface area contributed by atoms with Crippen LogP contribution in [0.3, 0.4) is 0 Å². The molecule has 2 heterocycles. The molecule has 2 aromatic heterocycles. The molecule has 0 amide bonds. The smallest absolute Gasteiger partial charge is 0.0546 e. The Morgan fingerprint density at radius 1 is 1.33 bits per heavy atom. The minimum absolute atomic E-state index is 0.0380. The molecule has 0 saturated heterocycles. The van der Waals surface area contributed by atoms with Crippen molar-refractivity contribution in [1.82, 2.24) is 5.32 Å². The lowest BCUT2D eigenvalue weighted by Gasteiger charge is -2.31. The number of thiophene rings is 2. The van der Waals surface area contributed by atoms with Crippen molar-refractivity contribution in [3.05, 3.63) is 33.8 Å². The topological polar surface area (TPSA) is 32.3 Å². The third-order valence-electron chi connectivity index (χ3n) is 3.40. The number of aliphatic hydroxyl groups is 1. The van der Waals surface area contributed by atoms with Crippen molar-refractivity contribution < 1.29 is 5.11 Å². The largest absolute Gasteiger partial charge is 0.393 e. The van der Waals surface area contributed by atoms with Crippen LogP contribution in [-0.4, -0.2) is 17.8 Å². The number of aliphatic hydroxyl groups excluding tert-OH is 1. The molecule has 2 aromatic rings. The van der Waals surface area contributed by atoms with Gasteiger partial charge in [-0.15, -0.1) is 22.7 Å². The summed E-state index contributed by atoms with van der Waals surface area (Å²) in [5.41, 5.74) is 1.34. The highest BCUT2D eigenvalue weighted by Crippen LogP contribution is 2.29. The van der Waals surface area contributed by atoms with Gasteiger partial charge in [0.05, 0.1) is 6.10 Å². The van der Waals surface area contributed by atoms with Gasteiger partial charge in [0, 0.05) is 21.9 Å².